The Bertz CT molecular complexity index is 633. The lowest BCUT2D eigenvalue weighted by Gasteiger charge is -2.12. The highest BCUT2D eigenvalue weighted by molar-refractivity contribution is 5.96. The Balaban J connectivity index is 2.13. The first-order valence-electron chi connectivity index (χ1n) is 6.48. The highest BCUT2D eigenvalue weighted by atomic mass is 16.6. The summed E-state index contributed by atoms with van der Waals surface area (Å²) in [6.07, 6.45) is -0.908. The van der Waals surface area contributed by atoms with Gasteiger partial charge < -0.3 is 9.47 Å². The third kappa shape index (κ3) is 3.15. The summed E-state index contributed by atoms with van der Waals surface area (Å²) in [7, 11) is 0. The fraction of sp³-hybridized carbons (Fsp3) is 0.250. The van der Waals surface area contributed by atoms with Gasteiger partial charge in [-0.15, -0.1) is 0 Å². The molecule has 0 spiro atoms. The molecule has 1 atom stereocenters. The standard InChI is InChI=1S/C16H16O4/c1-3-19-15(17)11(2)20-16(18)14-9-8-12-6-4-5-7-13(12)10-14/h4-11H,3H2,1-2H3. The van der Waals surface area contributed by atoms with E-state index in [2.05, 4.69) is 0 Å². The van der Waals surface area contributed by atoms with Crippen LogP contribution in [0, 0.1) is 0 Å². The molecule has 1 unspecified atom stereocenters. The van der Waals surface area contributed by atoms with Crippen LogP contribution in [-0.2, 0) is 14.3 Å². The zero-order valence-corrected chi connectivity index (χ0v) is 11.5. The number of benzene rings is 2. The molecule has 0 fully saturated rings. The highest BCUT2D eigenvalue weighted by Crippen LogP contribution is 2.16. The van der Waals surface area contributed by atoms with E-state index in [0.29, 0.717) is 5.56 Å². The summed E-state index contributed by atoms with van der Waals surface area (Å²) in [6, 6.07) is 13.0. The number of rotatable bonds is 4. The zero-order valence-electron chi connectivity index (χ0n) is 11.5. The molecule has 0 radical (unpaired) electrons. The van der Waals surface area contributed by atoms with Gasteiger partial charge >= 0.3 is 11.9 Å². The topological polar surface area (TPSA) is 52.6 Å². The summed E-state index contributed by atoms with van der Waals surface area (Å²) in [5.41, 5.74) is 0.417. The van der Waals surface area contributed by atoms with E-state index in [-0.39, 0.29) is 6.61 Å². The van der Waals surface area contributed by atoms with Crippen molar-refractivity contribution in [2.75, 3.05) is 6.61 Å². The predicted octanol–water partition coefficient (Wildman–Crippen LogP) is 2.95. The third-order valence-electron chi connectivity index (χ3n) is 2.89. The van der Waals surface area contributed by atoms with Gasteiger partial charge in [0.05, 0.1) is 12.2 Å². The van der Waals surface area contributed by atoms with Crippen molar-refractivity contribution in [1.82, 2.24) is 0 Å². The molecule has 0 N–H and O–H groups in total. The maximum atomic E-state index is 12.0. The lowest BCUT2D eigenvalue weighted by Crippen LogP contribution is -2.26. The Morgan fingerprint density at radius 2 is 1.80 bits per heavy atom. The molecule has 2 aromatic rings. The monoisotopic (exact) mass is 272 g/mol. The minimum absolute atomic E-state index is 0.261. The lowest BCUT2D eigenvalue weighted by atomic mass is 10.1. The van der Waals surface area contributed by atoms with Crippen molar-refractivity contribution >= 4 is 22.7 Å². The molecule has 2 rings (SSSR count). The maximum absolute atomic E-state index is 12.0. The van der Waals surface area contributed by atoms with Crippen LogP contribution in [-0.4, -0.2) is 24.6 Å². The summed E-state index contributed by atoms with van der Waals surface area (Å²) >= 11 is 0. The van der Waals surface area contributed by atoms with Gasteiger partial charge in [0.2, 0.25) is 0 Å². The van der Waals surface area contributed by atoms with E-state index in [1.807, 2.05) is 30.3 Å². The van der Waals surface area contributed by atoms with Crippen LogP contribution < -0.4 is 0 Å². The second-order valence-corrected chi connectivity index (χ2v) is 4.36. The molecule has 0 heterocycles. The van der Waals surface area contributed by atoms with Gasteiger partial charge in [0.25, 0.3) is 0 Å². The minimum atomic E-state index is -0.908. The first kappa shape index (κ1) is 14.1. The summed E-state index contributed by atoms with van der Waals surface area (Å²) in [4.78, 5) is 23.4. The predicted molar refractivity (Wildman–Crippen MR) is 75.5 cm³/mol. The quantitative estimate of drug-likeness (QED) is 0.803. The van der Waals surface area contributed by atoms with E-state index >= 15 is 0 Å². The van der Waals surface area contributed by atoms with Gasteiger partial charge in [-0.25, -0.2) is 9.59 Å². The van der Waals surface area contributed by atoms with Crippen molar-refractivity contribution in [3.05, 3.63) is 48.0 Å². The number of hydrogen-bond donors (Lipinski definition) is 0. The minimum Gasteiger partial charge on any atom is -0.463 e. The van der Waals surface area contributed by atoms with E-state index in [4.69, 9.17) is 9.47 Å². The van der Waals surface area contributed by atoms with Crippen molar-refractivity contribution < 1.29 is 19.1 Å². The van der Waals surface area contributed by atoms with Crippen molar-refractivity contribution in [3.8, 4) is 0 Å². The number of carbonyl (C=O) groups excluding carboxylic acids is 2. The molecule has 0 saturated heterocycles. The average Bonchev–Trinajstić information content (AvgIpc) is 2.46. The van der Waals surface area contributed by atoms with Gasteiger partial charge in [-0.1, -0.05) is 30.3 Å². The molecule has 104 valence electrons. The van der Waals surface area contributed by atoms with E-state index in [1.165, 1.54) is 6.92 Å². The van der Waals surface area contributed by atoms with Crippen LogP contribution in [0.3, 0.4) is 0 Å². The molecule has 4 nitrogen and oxygen atoms in total. The van der Waals surface area contributed by atoms with Crippen molar-refractivity contribution in [3.63, 3.8) is 0 Å². The van der Waals surface area contributed by atoms with Gasteiger partial charge in [0.1, 0.15) is 0 Å². The molecule has 2 aromatic carbocycles. The Kier molecular flexibility index (Phi) is 4.35. The Morgan fingerprint density at radius 3 is 2.50 bits per heavy atom. The van der Waals surface area contributed by atoms with Gasteiger partial charge in [0.15, 0.2) is 6.10 Å². The molecule has 0 aromatic heterocycles. The molecule has 4 heteroatoms. The SMILES string of the molecule is CCOC(=O)C(C)OC(=O)c1ccc2ccccc2c1. The van der Waals surface area contributed by atoms with E-state index in [1.54, 1.807) is 19.1 Å². The maximum Gasteiger partial charge on any atom is 0.347 e. The summed E-state index contributed by atoms with van der Waals surface area (Å²) in [6.45, 7) is 3.46. The fourth-order valence-corrected chi connectivity index (χ4v) is 1.85. The molecule has 0 saturated carbocycles. The summed E-state index contributed by atoms with van der Waals surface area (Å²) in [5, 5.41) is 1.99. The molecule has 0 aliphatic carbocycles. The van der Waals surface area contributed by atoms with Crippen molar-refractivity contribution in [2.45, 2.75) is 20.0 Å². The van der Waals surface area contributed by atoms with Crippen molar-refractivity contribution in [1.29, 1.82) is 0 Å². The molecule has 0 bridgehead atoms. The number of ether oxygens (including phenoxy) is 2. The first-order chi connectivity index (χ1) is 9.61. The second kappa shape index (κ2) is 6.19. The molecule has 0 aliphatic rings. The third-order valence-corrected chi connectivity index (χ3v) is 2.89. The Morgan fingerprint density at radius 1 is 1.10 bits per heavy atom. The molecular formula is C16H16O4. The largest absolute Gasteiger partial charge is 0.463 e. The number of carbonyl (C=O) groups is 2. The summed E-state index contributed by atoms with van der Waals surface area (Å²) < 4.78 is 9.88. The summed E-state index contributed by atoms with van der Waals surface area (Å²) in [5.74, 6) is -1.07. The molecule has 0 amide bonds. The van der Waals surface area contributed by atoms with E-state index in [0.717, 1.165) is 10.8 Å². The van der Waals surface area contributed by atoms with Crippen LogP contribution in [0.1, 0.15) is 24.2 Å². The first-order valence-corrected chi connectivity index (χ1v) is 6.48. The van der Waals surface area contributed by atoms with Crippen LogP contribution in [0.2, 0.25) is 0 Å². The Hall–Kier alpha value is -2.36. The van der Waals surface area contributed by atoms with Crippen molar-refractivity contribution in [2.24, 2.45) is 0 Å². The van der Waals surface area contributed by atoms with Crippen LogP contribution in [0.15, 0.2) is 42.5 Å². The van der Waals surface area contributed by atoms with Crippen LogP contribution >= 0.6 is 0 Å². The van der Waals surface area contributed by atoms with Crippen LogP contribution in [0.5, 0.6) is 0 Å². The normalized spacial score (nSPS) is 11.9. The van der Waals surface area contributed by atoms with Gasteiger partial charge in [-0.2, -0.15) is 0 Å². The average molecular weight is 272 g/mol. The molecule has 20 heavy (non-hydrogen) atoms. The number of fused-ring (bicyclic) bond motifs is 1. The number of hydrogen-bond acceptors (Lipinski definition) is 4. The van der Waals surface area contributed by atoms with E-state index in [9.17, 15) is 9.59 Å². The molecular weight excluding hydrogens is 256 g/mol. The van der Waals surface area contributed by atoms with E-state index < -0.39 is 18.0 Å². The fourth-order valence-electron chi connectivity index (χ4n) is 1.85. The number of esters is 2. The smallest absolute Gasteiger partial charge is 0.347 e. The lowest BCUT2D eigenvalue weighted by molar-refractivity contribution is -0.152. The van der Waals surface area contributed by atoms with Gasteiger partial charge in [0, 0.05) is 0 Å². The zero-order chi connectivity index (χ0) is 14.5. The van der Waals surface area contributed by atoms with Gasteiger partial charge in [-0.05, 0) is 36.8 Å². The highest BCUT2D eigenvalue weighted by Gasteiger charge is 2.19. The van der Waals surface area contributed by atoms with Crippen LogP contribution in [0.25, 0.3) is 10.8 Å². The second-order valence-electron chi connectivity index (χ2n) is 4.36. The Labute approximate surface area is 117 Å². The molecule has 0 aliphatic heterocycles. The van der Waals surface area contributed by atoms with Gasteiger partial charge in [-0.3, -0.25) is 0 Å². The van der Waals surface area contributed by atoms with Crippen LogP contribution in [0.4, 0.5) is 0 Å².